The zero-order chi connectivity index (χ0) is 20.0. The molecule has 28 heavy (non-hydrogen) atoms. The third kappa shape index (κ3) is 6.09. The summed E-state index contributed by atoms with van der Waals surface area (Å²) < 4.78 is 30.6. The lowest BCUT2D eigenvalue weighted by atomic mass is 10.3. The van der Waals surface area contributed by atoms with E-state index >= 15 is 0 Å². The average Bonchev–Trinajstić information content (AvgIpc) is 2.69. The molecule has 3 rings (SSSR count). The maximum absolute atomic E-state index is 12.4. The van der Waals surface area contributed by atoms with Crippen LogP contribution in [0.5, 0.6) is 5.75 Å². The van der Waals surface area contributed by atoms with Gasteiger partial charge in [-0.1, -0.05) is 35.3 Å². The predicted octanol–water partition coefficient (Wildman–Crippen LogP) is 3.46. The van der Waals surface area contributed by atoms with Gasteiger partial charge in [-0.15, -0.1) is 0 Å². The molecule has 0 aliphatic carbocycles. The first-order valence-electron chi connectivity index (χ1n) is 9.24. The molecule has 0 unspecified atom stereocenters. The van der Waals surface area contributed by atoms with E-state index in [0.29, 0.717) is 33.8 Å². The second-order valence-electron chi connectivity index (χ2n) is 6.73. The number of benzene rings is 2. The summed E-state index contributed by atoms with van der Waals surface area (Å²) in [7, 11) is -3.29. The molecule has 2 aromatic rings. The molecule has 152 valence electrons. The van der Waals surface area contributed by atoms with Gasteiger partial charge in [0.05, 0.1) is 15.7 Å². The molecular formula is C20H24Cl2N2O3S. The Hall–Kier alpha value is -1.31. The first kappa shape index (κ1) is 21.4. The van der Waals surface area contributed by atoms with Crippen molar-refractivity contribution in [3.63, 3.8) is 0 Å². The Bertz CT molecular complexity index is 867. The van der Waals surface area contributed by atoms with Crippen LogP contribution in [0.3, 0.4) is 0 Å². The van der Waals surface area contributed by atoms with Crippen molar-refractivity contribution in [3.8, 4) is 5.75 Å². The number of hydrogen-bond acceptors (Lipinski definition) is 5. The fourth-order valence-corrected chi connectivity index (χ4v) is 4.69. The van der Waals surface area contributed by atoms with E-state index in [1.807, 2.05) is 24.3 Å². The van der Waals surface area contributed by atoms with E-state index in [1.54, 1.807) is 24.3 Å². The first-order chi connectivity index (χ1) is 13.4. The molecule has 0 atom stereocenters. The molecule has 0 spiro atoms. The number of piperazine rings is 1. The zero-order valence-electron chi connectivity index (χ0n) is 15.6. The van der Waals surface area contributed by atoms with Crippen molar-refractivity contribution in [2.45, 2.75) is 4.90 Å². The van der Waals surface area contributed by atoms with Crippen LogP contribution in [-0.2, 0) is 9.84 Å². The summed E-state index contributed by atoms with van der Waals surface area (Å²) in [4.78, 5) is 4.84. The fourth-order valence-electron chi connectivity index (χ4n) is 3.09. The highest BCUT2D eigenvalue weighted by Gasteiger charge is 2.20. The van der Waals surface area contributed by atoms with E-state index in [4.69, 9.17) is 27.9 Å². The van der Waals surface area contributed by atoms with Crippen LogP contribution >= 0.6 is 23.2 Å². The monoisotopic (exact) mass is 442 g/mol. The number of halogens is 2. The van der Waals surface area contributed by atoms with Crippen LogP contribution < -0.4 is 4.74 Å². The number of para-hydroxylation sites is 1. The van der Waals surface area contributed by atoms with Crippen molar-refractivity contribution in [2.24, 2.45) is 0 Å². The average molecular weight is 443 g/mol. The second-order valence-corrected chi connectivity index (χ2v) is 9.69. The zero-order valence-corrected chi connectivity index (χ0v) is 17.9. The van der Waals surface area contributed by atoms with E-state index in [0.717, 1.165) is 32.7 Å². The third-order valence-corrected chi connectivity index (χ3v) is 7.09. The van der Waals surface area contributed by atoms with E-state index < -0.39 is 9.84 Å². The van der Waals surface area contributed by atoms with Gasteiger partial charge in [0.25, 0.3) is 0 Å². The number of nitrogens with zero attached hydrogens (tertiary/aromatic N) is 2. The minimum absolute atomic E-state index is 0.115. The van der Waals surface area contributed by atoms with Crippen molar-refractivity contribution in [3.05, 3.63) is 58.6 Å². The topological polar surface area (TPSA) is 49.9 Å². The van der Waals surface area contributed by atoms with Crippen LogP contribution in [0.25, 0.3) is 0 Å². The van der Waals surface area contributed by atoms with E-state index in [9.17, 15) is 8.42 Å². The molecule has 1 saturated heterocycles. The largest absolute Gasteiger partial charge is 0.491 e. The van der Waals surface area contributed by atoms with Crippen LogP contribution in [0.15, 0.2) is 53.4 Å². The minimum Gasteiger partial charge on any atom is -0.491 e. The summed E-state index contributed by atoms with van der Waals surface area (Å²) in [5.41, 5.74) is 0. The van der Waals surface area contributed by atoms with Gasteiger partial charge in [0.1, 0.15) is 12.4 Å². The molecule has 0 amide bonds. The summed E-state index contributed by atoms with van der Waals surface area (Å²) in [6.07, 6.45) is 0. The van der Waals surface area contributed by atoms with Gasteiger partial charge in [-0.05, 0) is 36.4 Å². The lowest BCUT2D eigenvalue weighted by Gasteiger charge is -2.34. The molecule has 0 radical (unpaired) electrons. The molecule has 2 aromatic carbocycles. The van der Waals surface area contributed by atoms with Crippen LogP contribution in [0.1, 0.15) is 0 Å². The Morgan fingerprint density at radius 1 is 0.857 bits per heavy atom. The predicted molar refractivity (Wildman–Crippen MR) is 113 cm³/mol. The normalized spacial score (nSPS) is 16.2. The molecule has 1 aliphatic rings. The summed E-state index contributed by atoms with van der Waals surface area (Å²) in [6.45, 7) is 5.43. The highest BCUT2D eigenvalue weighted by molar-refractivity contribution is 7.91. The number of rotatable bonds is 8. The molecule has 0 saturated carbocycles. The Morgan fingerprint density at radius 3 is 2.11 bits per heavy atom. The summed E-state index contributed by atoms with van der Waals surface area (Å²) in [6, 6.07) is 13.8. The lowest BCUT2D eigenvalue weighted by Crippen LogP contribution is -2.48. The summed E-state index contributed by atoms with van der Waals surface area (Å²) in [5, 5.41) is 1.16. The maximum atomic E-state index is 12.4. The van der Waals surface area contributed by atoms with Crippen LogP contribution in [0, 0.1) is 0 Å². The highest BCUT2D eigenvalue weighted by atomic mass is 35.5. The second kappa shape index (κ2) is 9.94. The molecule has 1 heterocycles. The van der Waals surface area contributed by atoms with Gasteiger partial charge in [0.2, 0.25) is 0 Å². The fraction of sp³-hybridized carbons (Fsp3) is 0.400. The number of sulfone groups is 1. The van der Waals surface area contributed by atoms with E-state index in [2.05, 4.69) is 9.80 Å². The lowest BCUT2D eigenvalue weighted by molar-refractivity contribution is 0.121. The SMILES string of the molecule is O=S(=O)(CCN1CCN(CCOc2ccccc2Cl)CC1)c1ccc(Cl)cc1. The highest BCUT2D eigenvalue weighted by Crippen LogP contribution is 2.23. The molecule has 1 fully saturated rings. The Balaban J connectivity index is 1.38. The molecular weight excluding hydrogens is 419 g/mol. The van der Waals surface area contributed by atoms with Crippen molar-refractivity contribution in [1.82, 2.24) is 9.80 Å². The van der Waals surface area contributed by atoms with Gasteiger partial charge >= 0.3 is 0 Å². The van der Waals surface area contributed by atoms with Crippen LogP contribution in [0.4, 0.5) is 0 Å². The van der Waals surface area contributed by atoms with Crippen molar-refractivity contribution in [1.29, 1.82) is 0 Å². The quantitative estimate of drug-likeness (QED) is 0.626. The van der Waals surface area contributed by atoms with E-state index in [-0.39, 0.29) is 5.75 Å². The van der Waals surface area contributed by atoms with Gasteiger partial charge in [-0.2, -0.15) is 0 Å². The number of ether oxygens (including phenoxy) is 1. The van der Waals surface area contributed by atoms with E-state index in [1.165, 1.54) is 0 Å². The summed E-state index contributed by atoms with van der Waals surface area (Å²) >= 11 is 11.9. The Kier molecular flexibility index (Phi) is 7.60. The van der Waals surface area contributed by atoms with Crippen molar-refractivity contribution >= 4 is 33.0 Å². The molecule has 0 N–H and O–H groups in total. The van der Waals surface area contributed by atoms with Crippen LogP contribution in [-0.4, -0.2) is 69.8 Å². The molecule has 0 bridgehead atoms. The smallest absolute Gasteiger partial charge is 0.179 e. The van der Waals surface area contributed by atoms with Gasteiger partial charge in [-0.25, -0.2) is 8.42 Å². The van der Waals surface area contributed by atoms with Gasteiger partial charge < -0.3 is 4.74 Å². The number of hydrogen-bond donors (Lipinski definition) is 0. The van der Waals surface area contributed by atoms with Crippen LogP contribution in [0.2, 0.25) is 10.0 Å². The molecule has 0 aromatic heterocycles. The molecule has 5 nitrogen and oxygen atoms in total. The Labute approximate surface area is 176 Å². The molecule has 8 heteroatoms. The summed E-state index contributed by atoms with van der Waals surface area (Å²) in [5.74, 6) is 0.819. The van der Waals surface area contributed by atoms with Crippen molar-refractivity contribution < 1.29 is 13.2 Å². The van der Waals surface area contributed by atoms with Gasteiger partial charge in [0, 0.05) is 44.3 Å². The third-order valence-electron chi connectivity index (χ3n) is 4.82. The maximum Gasteiger partial charge on any atom is 0.179 e. The Morgan fingerprint density at radius 2 is 1.46 bits per heavy atom. The van der Waals surface area contributed by atoms with Gasteiger partial charge in [-0.3, -0.25) is 9.80 Å². The van der Waals surface area contributed by atoms with Gasteiger partial charge in [0.15, 0.2) is 9.84 Å². The van der Waals surface area contributed by atoms with Crippen molar-refractivity contribution in [2.75, 3.05) is 51.6 Å². The minimum atomic E-state index is -3.29. The molecule has 1 aliphatic heterocycles. The first-order valence-corrected chi connectivity index (χ1v) is 11.7. The standard InChI is InChI=1S/C20H24Cl2N2O3S/c21-17-5-7-18(8-6-17)28(25,26)16-14-24-11-9-23(10-12-24)13-15-27-20-4-2-1-3-19(20)22/h1-8H,9-16H2.